The van der Waals surface area contributed by atoms with E-state index in [2.05, 4.69) is 4.98 Å². The smallest absolute Gasteiger partial charge is 0.410 e. The Bertz CT molecular complexity index is 847. The number of aliphatic hydroxyl groups is 1. The Morgan fingerprint density at radius 3 is 2.34 bits per heavy atom. The third-order valence-corrected chi connectivity index (χ3v) is 5.54. The molecule has 2 bridgehead atoms. The average molecular weight is 396 g/mol. The molecule has 154 valence electrons. The topological polar surface area (TPSA) is 71.9 Å². The fraction of sp³-hybridized carbons (Fsp3) is 0.478. The highest BCUT2D eigenvalue weighted by atomic mass is 16.6. The van der Waals surface area contributed by atoms with Crippen LogP contribution in [0.5, 0.6) is 0 Å². The van der Waals surface area contributed by atoms with Crippen LogP contribution in [0.3, 0.4) is 0 Å². The Hall–Kier alpha value is -2.44. The minimum absolute atomic E-state index is 0.210. The zero-order valence-corrected chi connectivity index (χ0v) is 17.2. The molecule has 2 aromatic rings. The van der Waals surface area contributed by atoms with Crippen LogP contribution in [0.2, 0.25) is 0 Å². The summed E-state index contributed by atoms with van der Waals surface area (Å²) in [5.74, 6) is 0. The first-order valence-corrected chi connectivity index (χ1v) is 10.1. The fourth-order valence-corrected chi connectivity index (χ4v) is 4.31. The van der Waals surface area contributed by atoms with Gasteiger partial charge in [0.25, 0.3) is 0 Å². The highest BCUT2D eigenvalue weighted by molar-refractivity contribution is 5.69. The van der Waals surface area contributed by atoms with Gasteiger partial charge in [-0.15, -0.1) is 0 Å². The molecule has 4 rings (SSSR count). The number of benzene rings is 1. The molecule has 3 heterocycles. The van der Waals surface area contributed by atoms with Crippen LogP contribution in [0.15, 0.2) is 48.7 Å². The van der Waals surface area contributed by atoms with Gasteiger partial charge >= 0.3 is 6.09 Å². The van der Waals surface area contributed by atoms with Gasteiger partial charge in [-0.3, -0.25) is 9.88 Å². The average Bonchev–Trinajstić information content (AvgIpc) is 2.67. The van der Waals surface area contributed by atoms with Crippen LogP contribution < -0.4 is 0 Å². The first-order chi connectivity index (χ1) is 13.8. The number of carbonyl (C=O) groups is 1. The van der Waals surface area contributed by atoms with Crippen LogP contribution in [0, 0.1) is 0 Å². The Morgan fingerprint density at radius 2 is 1.79 bits per heavy atom. The Morgan fingerprint density at radius 1 is 1.14 bits per heavy atom. The van der Waals surface area contributed by atoms with Gasteiger partial charge in [0, 0.05) is 24.6 Å². The molecule has 6 heteroatoms. The summed E-state index contributed by atoms with van der Waals surface area (Å²) in [7, 11) is 0. The summed E-state index contributed by atoms with van der Waals surface area (Å²) >= 11 is 0. The van der Waals surface area contributed by atoms with Crippen LogP contribution >= 0.6 is 0 Å². The molecule has 2 fully saturated rings. The van der Waals surface area contributed by atoms with E-state index in [9.17, 15) is 9.90 Å². The molecule has 0 aliphatic carbocycles. The molecule has 1 N–H and O–H groups in total. The van der Waals surface area contributed by atoms with Gasteiger partial charge in [-0.05, 0) is 38.5 Å². The zero-order valence-electron chi connectivity index (χ0n) is 17.2. The maximum atomic E-state index is 12.7. The van der Waals surface area contributed by atoms with E-state index in [-0.39, 0.29) is 18.2 Å². The molecule has 6 nitrogen and oxygen atoms in total. The molecule has 1 amide bonds. The van der Waals surface area contributed by atoms with Crippen LogP contribution in [-0.4, -0.2) is 52.0 Å². The second-order valence-electron chi connectivity index (χ2n) is 8.96. The SMILES string of the molecule is CC(C)(C)OC(=O)N1C2COCC1CC(O)(c1ccc(-c3ccccn3)cc1)C2. The summed E-state index contributed by atoms with van der Waals surface area (Å²) in [5.41, 5.74) is 1.21. The number of morpholine rings is 1. The monoisotopic (exact) mass is 396 g/mol. The van der Waals surface area contributed by atoms with Gasteiger partial charge in [-0.2, -0.15) is 0 Å². The molecule has 2 atom stereocenters. The van der Waals surface area contributed by atoms with Crippen molar-refractivity contribution in [3.63, 3.8) is 0 Å². The fourth-order valence-electron chi connectivity index (χ4n) is 4.31. The largest absolute Gasteiger partial charge is 0.444 e. The molecular formula is C23H28N2O4. The predicted octanol–water partition coefficient (Wildman–Crippen LogP) is 3.73. The van der Waals surface area contributed by atoms with E-state index in [1.54, 1.807) is 11.1 Å². The highest BCUT2D eigenvalue weighted by Gasteiger charge is 2.49. The highest BCUT2D eigenvalue weighted by Crippen LogP contribution is 2.42. The first kappa shape index (κ1) is 19.9. The van der Waals surface area contributed by atoms with Crippen molar-refractivity contribution in [2.75, 3.05) is 13.2 Å². The van der Waals surface area contributed by atoms with Crippen molar-refractivity contribution in [2.45, 2.75) is 56.9 Å². The summed E-state index contributed by atoms with van der Waals surface area (Å²) < 4.78 is 11.3. The van der Waals surface area contributed by atoms with E-state index < -0.39 is 11.2 Å². The minimum Gasteiger partial charge on any atom is -0.444 e. The first-order valence-electron chi connectivity index (χ1n) is 10.1. The lowest BCUT2D eigenvalue weighted by molar-refractivity contribution is -0.141. The van der Waals surface area contributed by atoms with E-state index in [1.807, 2.05) is 63.2 Å². The van der Waals surface area contributed by atoms with Gasteiger partial charge in [0.15, 0.2) is 0 Å². The van der Waals surface area contributed by atoms with Crippen molar-refractivity contribution in [1.82, 2.24) is 9.88 Å². The quantitative estimate of drug-likeness (QED) is 0.837. The Kier molecular flexibility index (Phi) is 5.09. The number of nitrogens with zero attached hydrogens (tertiary/aromatic N) is 2. The molecule has 0 radical (unpaired) electrons. The van der Waals surface area contributed by atoms with Crippen LogP contribution in [0.25, 0.3) is 11.3 Å². The Balaban J connectivity index is 1.55. The lowest BCUT2D eigenvalue weighted by atomic mass is 9.77. The van der Waals surface area contributed by atoms with E-state index in [0.29, 0.717) is 26.1 Å². The van der Waals surface area contributed by atoms with Gasteiger partial charge in [-0.1, -0.05) is 30.3 Å². The lowest BCUT2D eigenvalue weighted by Crippen LogP contribution is -2.63. The number of amides is 1. The van der Waals surface area contributed by atoms with Crippen molar-refractivity contribution < 1.29 is 19.4 Å². The van der Waals surface area contributed by atoms with E-state index in [0.717, 1.165) is 16.8 Å². The molecule has 2 aliphatic heterocycles. The van der Waals surface area contributed by atoms with Gasteiger partial charge < -0.3 is 14.6 Å². The zero-order chi connectivity index (χ0) is 20.6. The minimum atomic E-state index is -1.000. The molecule has 2 aliphatic rings. The number of pyridine rings is 1. The molecule has 29 heavy (non-hydrogen) atoms. The maximum absolute atomic E-state index is 12.7. The third-order valence-electron chi connectivity index (χ3n) is 5.54. The maximum Gasteiger partial charge on any atom is 0.410 e. The summed E-state index contributed by atoms with van der Waals surface area (Å²) in [6.45, 7) is 6.40. The number of carbonyl (C=O) groups excluding carboxylic acids is 1. The third kappa shape index (κ3) is 4.14. The Labute approximate surface area is 171 Å². The number of ether oxygens (including phenoxy) is 2. The van der Waals surface area contributed by atoms with Crippen molar-refractivity contribution >= 4 is 6.09 Å². The standard InChI is InChI=1S/C23H28N2O4/c1-22(2,3)29-21(26)25-18-12-23(27,13-19(25)15-28-14-18)17-9-7-16(8-10-17)20-6-4-5-11-24-20/h4-11,18-19,27H,12-15H2,1-3H3. The van der Waals surface area contributed by atoms with Crippen LogP contribution in [0.4, 0.5) is 4.79 Å². The van der Waals surface area contributed by atoms with E-state index in [4.69, 9.17) is 9.47 Å². The molecule has 2 unspecified atom stereocenters. The molecule has 0 spiro atoms. The summed E-state index contributed by atoms with van der Waals surface area (Å²) in [5, 5.41) is 11.5. The number of rotatable bonds is 2. The number of piperidine rings is 1. The second-order valence-corrected chi connectivity index (χ2v) is 8.96. The van der Waals surface area contributed by atoms with E-state index >= 15 is 0 Å². The van der Waals surface area contributed by atoms with Gasteiger partial charge in [-0.25, -0.2) is 4.79 Å². The summed E-state index contributed by atoms with van der Waals surface area (Å²) in [6.07, 6.45) is 2.28. The normalized spacial score (nSPS) is 26.8. The van der Waals surface area contributed by atoms with Crippen LogP contribution in [-0.2, 0) is 15.1 Å². The molecule has 2 saturated heterocycles. The van der Waals surface area contributed by atoms with Crippen molar-refractivity contribution in [3.05, 3.63) is 54.2 Å². The van der Waals surface area contributed by atoms with Crippen molar-refractivity contribution in [2.24, 2.45) is 0 Å². The summed E-state index contributed by atoms with van der Waals surface area (Å²) in [4.78, 5) is 18.9. The van der Waals surface area contributed by atoms with Crippen LogP contribution in [0.1, 0.15) is 39.2 Å². The van der Waals surface area contributed by atoms with Gasteiger partial charge in [0.1, 0.15) is 5.60 Å². The van der Waals surface area contributed by atoms with Gasteiger partial charge in [0.05, 0.1) is 36.6 Å². The number of hydrogen-bond acceptors (Lipinski definition) is 5. The predicted molar refractivity (Wildman–Crippen MR) is 109 cm³/mol. The number of aromatic nitrogens is 1. The molecule has 0 saturated carbocycles. The van der Waals surface area contributed by atoms with Gasteiger partial charge in [0.2, 0.25) is 0 Å². The second kappa shape index (κ2) is 7.43. The molecule has 1 aromatic carbocycles. The van der Waals surface area contributed by atoms with Crippen molar-refractivity contribution in [1.29, 1.82) is 0 Å². The number of fused-ring (bicyclic) bond motifs is 2. The lowest BCUT2D eigenvalue weighted by Gasteiger charge is -2.51. The number of hydrogen-bond donors (Lipinski definition) is 1. The molecular weight excluding hydrogens is 368 g/mol. The summed E-state index contributed by atoms with van der Waals surface area (Å²) in [6, 6.07) is 13.3. The molecule has 1 aromatic heterocycles. The van der Waals surface area contributed by atoms with E-state index in [1.165, 1.54) is 0 Å². The van der Waals surface area contributed by atoms with Crippen molar-refractivity contribution in [3.8, 4) is 11.3 Å².